The van der Waals surface area contributed by atoms with Gasteiger partial charge in [0, 0.05) is 25.4 Å². The average Bonchev–Trinajstić information content (AvgIpc) is 3.16. The number of halogens is 1. The predicted molar refractivity (Wildman–Crippen MR) is 106 cm³/mol. The summed E-state index contributed by atoms with van der Waals surface area (Å²) in [4.78, 5) is 22.6. The topological polar surface area (TPSA) is 58.2 Å². The zero-order valence-electron chi connectivity index (χ0n) is 16.0. The Labute approximate surface area is 163 Å². The standard InChI is InChI=1S/C22H24FN3O2/c1-28-20-8-6-15(14-17(20)23)7-9-21(27)26-12-10-16(11-13-26)22-24-18-4-2-3-5-19(18)25-22/h2-6,8,14,16H,7,9-13H2,1H3,(H,24,25). The van der Waals surface area contributed by atoms with Crippen LogP contribution in [0.15, 0.2) is 42.5 Å². The smallest absolute Gasteiger partial charge is 0.222 e. The molecule has 1 aliphatic rings. The molecular formula is C22H24FN3O2. The second-order valence-electron chi connectivity index (χ2n) is 7.26. The maximum Gasteiger partial charge on any atom is 0.222 e. The Balaban J connectivity index is 1.30. The van der Waals surface area contributed by atoms with Crippen LogP contribution < -0.4 is 4.74 Å². The minimum absolute atomic E-state index is 0.124. The quantitative estimate of drug-likeness (QED) is 0.725. The molecule has 0 spiro atoms. The maximum absolute atomic E-state index is 13.8. The molecular weight excluding hydrogens is 357 g/mol. The van der Waals surface area contributed by atoms with Crippen LogP contribution in [0.25, 0.3) is 11.0 Å². The van der Waals surface area contributed by atoms with E-state index in [-0.39, 0.29) is 17.5 Å². The first-order chi connectivity index (χ1) is 13.6. The summed E-state index contributed by atoms with van der Waals surface area (Å²) in [5.74, 6) is 1.33. The highest BCUT2D eigenvalue weighted by Crippen LogP contribution is 2.28. The summed E-state index contributed by atoms with van der Waals surface area (Å²) in [6.07, 6.45) is 2.73. The van der Waals surface area contributed by atoms with Gasteiger partial charge in [-0.15, -0.1) is 0 Å². The van der Waals surface area contributed by atoms with E-state index in [4.69, 9.17) is 9.72 Å². The largest absolute Gasteiger partial charge is 0.494 e. The molecule has 1 aliphatic heterocycles. The first-order valence-corrected chi connectivity index (χ1v) is 9.69. The lowest BCUT2D eigenvalue weighted by Gasteiger charge is -2.31. The molecule has 28 heavy (non-hydrogen) atoms. The number of H-pyrrole nitrogens is 1. The van der Waals surface area contributed by atoms with E-state index in [2.05, 4.69) is 4.98 Å². The number of ether oxygens (including phenoxy) is 1. The van der Waals surface area contributed by atoms with Crippen molar-refractivity contribution in [3.63, 3.8) is 0 Å². The molecule has 5 nitrogen and oxygen atoms in total. The van der Waals surface area contributed by atoms with Crippen molar-refractivity contribution in [2.75, 3.05) is 20.2 Å². The molecule has 0 radical (unpaired) electrons. The summed E-state index contributed by atoms with van der Waals surface area (Å²) in [6, 6.07) is 12.9. The second-order valence-corrected chi connectivity index (χ2v) is 7.26. The van der Waals surface area contributed by atoms with Crippen LogP contribution in [0.2, 0.25) is 0 Å². The molecule has 1 saturated heterocycles. The van der Waals surface area contributed by atoms with Crippen LogP contribution in [0.5, 0.6) is 5.75 Å². The van der Waals surface area contributed by atoms with Crippen molar-refractivity contribution in [2.24, 2.45) is 0 Å². The lowest BCUT2D eigenvalue weighted by molar-refractivity contribution is -0.132. The highest BCUT2D eigenvalue weighted by molar-refractivity contribution is 5.77. The fraction of sp³-hybridized carbons (Fsp3) is 0.364. The molecule has 1 aromatic heterocycles. The number of carbonyl (C=O) groups is 1. The van der Waals surface area contributed by atoms with Gasteiger partial charge in [-0.3, -0.25) is 4.79 Å². The van der Waals surface area contributed by atoms with E-state index in [1.54, 1.807) is 6.07 Å². The van der Waals surface area contributed by atoms with Crippen molar-refractivity contribution in [3.8, 4) is 5.75 Å². The fourth-order valence-electron chi connectivity index (χ4n) is 3.84. The number of aromatic nitrogens is 2. The molecule has 2 aromatic carbocycles. The number of piperidine rings is 1. The van der Waals surface area contributed by atoms with Crippen molar-refractivity contribution in [1.29, 1.82) is 0 Å². The van der Waals surface area contributed by atoms with Crippen LogP contribution >= 0.6 is 0 Å². The highest BCUT2D eigenvalue weighted by atomic mass is 19.1. The van der Waals surface area contributed by atoms with Gasteiger partial charge in [0.25, 0.3) is 0 Å². The number of fused-ring (bicyclic) bond motifs is 1. The van der Waals surface area contributed by atoms with Gasteiger partial charge in [0.2, 0.25) is 5.91 Å². The summed E-state index contributed by atoms with van der Waals surface area (Å²) in [7, 11) is 1.44. The van der Waals surface area contributed by atoms with E-state index >= 15 is 0 Å². The minimum atomic E-state index is -0.390. The molecule has 0 bridgehead atoms. The number of imidazole rings is 1. The lowest BCUT2D eigenvalue weighted by atomic mass is 9.95. The van der Waals surface area contributed by atoms with Gasteiger partial charge in [-0.25, -0.2) is 9.37 Å². The van der Waals surface area contributed by atoms with Crippen LogP contribution in [0.1, 0.15) is 36.6 Å². The zero-order valence-corrected chi connectivity index (χ0v) is 16.0. The molecule has 4 rings (SSSR count). The molecule has 6 heteroatoms. The van der Waals surface area contributed by atoms with Gasteiger partial charge >= 0.3 is 0 Å². The van der Waals surface area contributed by atoms with Gasteiger partial charge < -0.3 is 14.6 Å². The van der Waals surface area contributed by atoms with Gasteiger partial charge in [-0.05, 0) is 49.1 Å². The number of para-hydroxylation sites is 2. The number of aromatic amines is 1. The molecule has 0 atom stereocenters. The van der Waals surface area contributed by atoms with E-state index in [0.29, 0.717) is 18.8 Å². The molecule has 1 N–H and O–H groups in total. The van der Waals surface area contributed by atoms with Crippen LogP contribution in [0, 0.1) is 5.82 Å². The Morgan fingerprint density at radius 1 is 1.25 bits per heavy atom. The summed E-state index contributed by atoms with van der Waals surface area (Å²) >= 11 is 0. The Kier molecular flexibility index (Phi) is 5.28. The number of nitrogens with zero attached hydrogens (tertiary/aromatic N) is 2. The monoisotopic (exact) mass is 381 g/mol. The number of nitrogens with one attached hydrogen (secondary N) is 1. The average molecular weight is 381 g/mol. The number of rotatable bonds is 5. The molecule has 1 fully saturated rings. The molecule has 2 heterocycles. The summed E-state index contributed by atoms with van der Waals surface area (Å²) in [6.45, 7) is 1.47. The van der Waals surface area contributed by atoms with Crippen molar-refractivity contribution >= 4 is 16.9 Å². The SMILES string of the molecule is COc1ccc(CCC(=O)N2CCC(c3nc4ccccc4[nH]3)CC2)cc1F. The van der Waals surface area contributed by atoms with Crippen molar-refractivity contribution in [1.82, 2.24) is 14.9 Å². The number of likely N-dealkylation sites (tertiary alicyclic amines) is 1. The maximum atomic E-state index is 13.8. The second kappa shape index (κ2) is 8.00. The zero-order chi connectivity index (χ0) is 19.5. The molecule has 3 aromatic rings. The van der Waals surface area contributed by atoms with Gasteiger partial charge in [-0.1, -0.05) is 18.2 Å². The highest BCUT2D eigenvalue weighted by Gasteiger charge is 2.25. The molecule has 0 aliphatic carbocycles. The van der Waals surface area contributed by atoms with E-state index in [1.165, 1.54) is 13.2 Å². The van der Waals surface area contributed by atoms with Gasteiger partial charge in [0.1, 0.15) is 5.82 Å². The number of amides is 1. The van der Waals surface area contributed by atoms with E-state index in [9.17, 15) is 9.18 Å². The minimum Gasteiger partial charge on any atom is -0.494 e. The van der Waals surface area contributed by atoms with Crippen LogP contribution in [-0.2, 0) is 11.2 Å². The van der Waals surface area contributed by atoms with Crippen molar-refractivity contribution in [2.45, 2.75) is 31.6 Å². The third kappa shape index (κ3) is 3.86. The van der Waals surface area contributed by atoms with Crippen LogP contribution in [0.4, 0.5) is 4.39 Å². The van der Waals surface area contributed by atoms with E-state index < -0.39 is 0 Å². The Morgan fingerprint density at radius 3 is 2.75 bits per heavy atom. The summed E-state index contributed by atoms with van der Waals surface area (Å²) in [5.41, 5.74) is 2.86. The Morgan fingerprint density at radius 2 is 2.04 bits per heavy atom. The molecule has 1 amide bonds. The fourth-order valence-corrected chi connectivity index (χ4v) is 3.84. The van der Waals surface area contributed by atoms with Gasteiger partial charge in [-0.2, -0.15) is 0 Å². The lowest BCUT2D eigenvalue weighted by Crippen LogP contribution is -2.38. The van der Waals surface area contributed by atoms with Gasteiger partial charge in [0.15, 0.2) is 11.6 Å². The van der Waals surface area contributed by atoms with Crippen LogP contribution in [0.3, 0.4) is 0 Å². The van der Waals surface area contributed by atoms with E-state index in [0.717, 1.165) is 48.4 Å². The summed E-state index contributed by atoms with van der Waals surface area (Å²) < 4.78 is 18.7. The third-order valence-electron chi connectivity index (χ3n) is 5.49. The van der Waals surface area contributed by atoms with Gasteiger partial charge in [0.05, 0.1) is 18.1 Å². The number of benzene rings is 2. The number of carbonyl (C=O) groups excluding carboxylic acids is 1. The molecule has 146 valence electrons. The summed E-state index contributed by atoms with van der Waals surface area (Å²) in [5, 5.41) is 0. The number of aryl methyl sites for hydroxylation is 1. The number of hydrogen-bond acceptors (Lipinski definition) is 3. The van der Waals surface area contributed by atoms with E-state index in [1.807, 2.05) is 35.2 Å². The number of hydrogen-bond donors (Lipinski definition) is 1. The van der Waals surface area contributed by atoms with Crippen molar-refractivity contribution in [3.05, 3.63) is 59.7 Å². The third-order valence-corrected chi connectivity index (χ3v) is 5.49. The predicted octanol–water partition coefficient (Wildman–Crippen LogP) is 4.05. The molecule has 0 unspecified atom stereocenters. The first kappa shape index (κ1) is 18.5. The van der Waals surface area contributed by atoms with Crippen LogP contribution in [-0.4, -0.2) is 41.0 Å². The Hall–Kier alpha value is -2.89. The normalized spacial score (nSPS) is 15.1. The Bertz CT molecular complexity index is 944. The van der Waals surface area contributed by atoms with Crippen molar-refractivity contribution < 1.29 is 13.9 Å². The number of methoxy groups -OCH3 is 1. The molecule has 0 saturated carbocycles. The first-order valence-electron chi connectivity index (χ1n) is 9.69.